The first-order valence-corrected chi connectivity index (χ1v) is 14.4. The van der Waals surface area contributed by atoms with Crippen molar-refractivity contribution in [3.05, 3.63) is 54.2 Å². The maximum atomic E-state index is 13.8. The van der Waals surface area contributed by atoms with E-state index < -0.39 is 15.9 Å². The van der Waals surface area contributed by atoms with Crippen molar-refractivity contribution in [2.45, 2.75) is 23.6 Å². The van der Waals surface area contributed by atoms with E-state index in [2.05, 4.69) is 5.10 Å². The number of hydrogen-bond donors (Lipinski definition) is 0. The van der Waals surface area contributed by atoms with Crippen molar-refractivity contribution < 1.29 is 17.9 Å². The number of benzene rings is 1. The van der Waals surface area contributed by atoms with Crippen molar-refractivity contribution in [3.63, 3.8) is 0 Å². The number of amides is 1. The number of aromatic nitrogens is 3. The molecule has 184 valence electrons. The number of sulfonamides is 1. The summed E-state index contributed by atoms with van der Waals surface area (Å²) in [6.45, 7) is 1.46. The third-order valence-electron chi connectivity index (χ3n) is 6.02. The number of rotatable bonds is 8. The molecule has 1 fully saturated rings. The lowest BCUT2D eigenvalue weighted by molar-refractivity contribution is -0.123. The highest BCUT2D eigenvalue weighted by Gasteiger charge is 2.36. The van der Waals surface area contributed by atoms with Crippen LogP contribution in [0.4, 0.5) is 5.13 Å². The Hall–Kier alpha value is -2.80. The Kier molecular flexibility index (Phi) is 6.87. The molecule has 1 aliphatic heterocycles. The van der Waals surface area contributed by atoms with Crippen LogP contribution in [0.1, 0.15) is 12.8 Å². The molecule has 1 unspecified atom stereocenters. The average Bonchev–Trinajstić information content (AvgIpc) is 3.66. The first kappa shape index (κ1) is 23.9. The Morgan fingerprint density at radius 2 is 2.17 bits per heavy atom. The smallest absolute Gasteiger partial charge is 0.252 e. The zero-order valence-electron chi connectivity index (χ0n) is 19.1. The summed E-state index contributed by atoms with van der Waals surface area (Å²) in [5, 5.41) is 6.59. The van der Waals surface area contributed by atoms with Gasteiger partial charge in [0.25, 0.3) is 10.0 Å². The molecule has 0 N–H and O–H groups in total. The second kappa shape index (κ2) is 10.1. The lowest BCUT2D eigenvalue weighted by Crippen LogP contribution is -2.47. The van der Waals surface area contributed by atoms with Crippen LogP contribution in [0.25, 0.3) is 10.2 Å². The Bertz CT molecular complexity index is 1400. The molecule has 4 aromatic rings. The first-order chi connectivity index (χ1) is 17.0. The van der Waals surface area contributed by atoms with Gasteiger partial charge >= 0.3 is 0 Å². The molecule has 9 nitrogen and oxygen atoms in total. The fraction of sp³-hybridized carbons (Fsp3) is 0.348. The topological polar surface area (TPSA) is 97.6 Å². The maximum Gasteiger partial charge on any atom is 0.252 e. The van der Waals surface area contributed by atoms with Gasteiger partial charge in [0.05, 0.1) is 29.8 Å². The molecule has 1 atom stereocenters. The van der Waals surface area contributed by atoms with E-state index in [9.17, 15) is 13.2 Å². The fourth-order valence-corrected chi connectivity index (χ4v) is 7.88. The van der Waals surface area contributed by atoms with E-state index in [1.165, 1.54) is 27.0 Å². The molecular formula is C23H25N5O4S3. The molecule has 4 heterocycles. The number of thiazole rings is 1. The third kappa shape index (κ3) is 4.96. The van der Waals surface area contributed by atoms with Gasteiger partial charge in [-0.3, -0.25) is 14.4 Å². The predicted octanol–water partition coefficient (Wildman–Crippen LogP) is 3.70. The summed E-state index contributed by atoms with van der Waals surface area (Å²) < 4.78 is 36.0. The summed E-state index contributed by atoms with van der Waals surface area (Å²) >= 11 is 2.62. The van der Waals surface area contributed by atoms with Crippen molar-refractivity contribution >= 4 is 54.0 Å². The van der Waals surface area contributed by atoms with Crippen LogP contribution in [-0.4, -0.2) is 60.1 Å². The van der Waals surface area contributed by atoms with E-state index in [4.69, 9.17) is 9.72 Å². The summed E-state index contributed by atoms with van der Waals surface area (Å²) in [5.41, 5.74) is 0.785. The van der Waals surface area contributed by atoms with Crippen LogP contribution in [0.2, 0.25) is 0 Å². The van der Waals surface area contributed by atoms with E-state index in [0.717, 1.165) is 16.0 Å². The Balaban J connectivity index is 1.42. The number of ether oxygens (including phenoxy) is 1. The maximum absolute atomic E-state index is 13.8. The van der Waals surface area contributed by atoms with E-state index >= 15 is 0 Å². The molecule has 35 heavy (non-hydrogen) atoms. The largest absolute Gasteiger partial charge is 0.497 e. The number of carbonyl (C=O) groups excluding carboxylic acids is 1. The monoisotopic (exact) mass is 531 g/mol. The van der Waals surface area contributed by atoms with E-state index in [0.29, 0.717) is 41.8 Å². The van der Waals surface area contributed by atoms with Crippen molar-refractivity contribution in [1.29, 1.82) is 0 Å². The van der Waals surface area contributed by atoms with E-state index in [-0.39, 0.29) is 12.5 Å². The molecule has 0 radical (unpaired) electrons. The second-order valence-corrected chi connectivity index (χ2v) is 12.3. The Labute approximate surface area is 211 Å². The van der Waals surface area contributed by atoms with Gasteiger partial charge in [-0.25, -0.2) is 13.4 Å². The highest BCUT2D eigenvalue weighted by atomic mass is 32.2. The van der Waals surface area contributed by atoms with Gasteiger partial charge in [0.2, 0.25) is 5.91 Å². The van der Waals surface area contributed by atoms with E-state index in [1.807, 2.05) is 30.5 Å². The summed E-state index contributed by atoms with van der Waals surface area (Å²) in [7, 11) is -2.00. The molecule has 1 aliphatic rings. The Morgan fingerprint density at radius 3 is 2.91 bits per heavy atom. The van der Waals surface area contributed by atoms with Crippen LogP contribution >= 0.6 is 22.7 Å². The van der Waals surface area contributed by atoms with Gasteiger partial charge in [-0.15, -0.1) is 11.3 Å². The number of hydrogen-bond acceptors (Lipinski definition) is 8. The SMILES string of the molecule is COc1ccc2nc(N(CCn3cccn3)C(=O)C3CCCN(S(=O)(=O)c4cccs4)C3)sc2c1. The second-order valence-electron chi connectivity index (χ2n) is 8.22. The van der Waals surface area contributed by atoms with Crippen LogP contribution in [0.5, 0.6) is 5.75 Å². The molecule has 1 saturated heterocycles. The summed E-state index contributed by atoms with van der Waals surface area (Å²) in [6, 6.07) is 10.8. The molecule has 0 spiro atoms. The minimum absolute atomic E-state index is 0.116. The first-order valence-electron chi connectivity index (χ1n) is 11.2. The number of thiophene rings is 1. The van der Waals surface area contributed by atoms with Crippen LogP contribution in [0.15, 0.2) is 58.4 Å². The number of methoxy groups -OCH3 is 1. The van der Waals surface area contributed by atoms with Gasteiger partial charge in [0.1, 0.15) is 9.96 Å². The minimum Gasteiger partial charge on any atom is -0.497 e. The zero-order valence-corrected chi connectivity index (χ0v) is 21.6. The van der Waals surface area contributed by atoms with Gasteiger partial charge in [-0.2, -0.15) is 9.40 Å². The molecule has 1 aromatic carbocycles. The highest BCUT2D eigenvalue weighted by Crippen LogP contribution is 2.34. The van der Waals surface area contributed by atoms with E-state index in [1.54, 1.807) is 40.4 Å². The lowest BCUT2D eigenvalue weighted by Gasteiger charge is -2.33. The van der Waals surface area contributed by atoms with Crippen molar-refractivity contribution in [2.75, 3.05) is 31.6 Å². The summed E-state index contributed by atoms with van der Waals surface area (Å²) in [5.74, 6) is 0.163. The molecule has 12 heteroatoms. The highest BCUT2D eigenvalue weighted by molar-refractivity contribution is 7.91. The van der Waals surface area contributed by atoms with Crippen LogP contribution < -0.4 is 9.64 Å². The molecule has 1 amide bonds. The molecular weight excluding hydrogens is 506 g/mol. The van der Waals surface area contributed by atoms with Crippen LogP contribution in [-0.2, 0) is 21.4 Å². The van der Waals surface area contributed by atoms with Crippen molar-refractivity contribution in [1.82, 2.24) is 19.1 Å². The number of anilines is 1. The summed E-state index contributed by atoms with van der Waals surface area (Å²) in [6.07, 6.45) is 4.81. The fourth-order valence-electron chi connectivity index (χ4n) is 4.19. The molecule has 0 aliphatic carbocycles. The average molecular weight is 532 g/mol. The predicted molar refractivity (Wildman–Crippen MR) is 137 cm³/mol. The number of carbonyl (C=O) groups is 1. The zero-order chi connectivity index (χ0) is 24.4. The standard InChI is InChI=1S/C23H25N5O4S3/c1-32-18-7-8-19-20(15-18)34-23(25-19)28(13-12-26-10-4-9-24-26)22(29)17-5-2-11-27(16-17)35(30,31)21-6-3-14-33-21/h3-4,6-10,14-15,17H,2,5,11-13,16H2,1H3. The third-order valence-corrected chi connectivity index (χ3v) is 10.3. The van der Waals surface area contributed by atoms with Crippen molar-refractivity contribution in [3.8, 4) is 5.75 Å². The summed E-state index contributed by atoms with van der Waals surface area (Å²) in [4.78, 5) is 20.2. The lowest BCUT2D eigenvalue weighted by atomic mass is 9.98. The quantitative estimate of drug-likeness (QED) is 0.344. The molecule has 5 rings (SSSR count). The van der Waals surface area contributed by atoms with Crippen LogP contribution in [0, 0.1) is 5.92 Å². The van der Waals surface area contributed by atoms with Crippen molar-refractivity contribution in [2.24, 2.45) is 5.92 Å². The minimum atomic E-state index is -3.61. The van der Waals surface area contributed by atoms with Gasteiger partial charge in [0.15, 0.2) is 5.13 Å². The van der Waals surface area contributed by atoms with Gasteiger partial charge < -0.3 is 4.74 Å². The Morgan fingerprint density at radius 1 is 1.29 bits per heavy atom. The normalized spacial score (nSPS) is 17.0. The van der Waals surface area contributed by atoms with Crippen LogP contribution in [0.3, 0.4) is 0 Å². The molecule has 0 saturated carbocycles. The van der Waals surface area contributed by atoms with Gasteiger partial charge in [-0.05, 0) is 48.6 Å². The molecule has 3 aromatic heterocycles. The van der Waals surface area contributed by atoms with Gasteiger partial charge in [0, 0.05) is 32.0 Å². The number of fused-ring (bicyclic) bond motifs is 1. The number of piperidine rings is 1. The van der Waals surface area contributed by atoms with Gasteiger partial charge in [-0.1, -0.05) is 17.4 Å². The number of nitrogens with zero attached hydrogens (tertiary/aromatic N) is 5. The molecule has 0 bridgehead atoms.